The number of amides is 1. The summed E-state index contributed by atoms with van der Waals surface area (Å²) in [7, 11) is 0. The molecule has 3 rings (SSSR count). The van der Waals surface area contributed by atoms with Crippen LogP contribution in [-0.4, -0.2) is 28.6 Å². The smallest absolute Gasteiger partial charge is 0.274 e. The van der Waals surface area contributed by atoms with Crippen molar-refractivity contribution in [1.82, 2.24) is 10.4 Å². The zero-order valence-electron chi connectivity index (χ0n) is 17.0. The Kier molecular flexibility index (Phi) is 7.71. The minimum Gasteiger partial charge on any atom is -0.490 e. The van der Waals surface area contributed by atoms with Gasteiger partial charge in [0.05, 0.1) is 23.3 Å². The second-order valence-electron chi connectivity index (χ2n) is 6.39. The Labute approximate surface area is 188 Å². The van der Waals surface area contributed by atoms with Crippen molar-refractivity contribution in [2.24, 2.45) is 5.10 Å². The number of pyridine rings is 1. The first-order valence-corrected chi connectivity index (χ1v) is 9.92. The summed E-state index contributed by atoms with van der Waals surface area (Å²) in [6.07, 6.45) is 2.95. The fraction of sp³-hybridized carbons (Fsp3) is 0.136. The van der Waals surface area contributed by atoms with Gasteiger partial charge in [0.1, 0.15) is 11.8 Å². The number of aromatic nitrogens is 1. The summed E-state index contributed by atoms with van der Waals surface area (Å²) in [6.45, 7) is 2.48. The summed E-state index contributed by atoms with van der Waals surface area (Å²) in [6, 6.07) is 14.5. The van der Waals surface area contributed by atoms with E-state index in [1.807, 2.05) is 6.92 Å². The third-order valence-electron chi connectivity index (χ3n) is 4.19. The number of hydrogen-bond donors (Lipinski definition) is 1. The van der Waals surface area contributed by atoms with Crippen LogP contribution in [0.1, 0.15) is 28.4 Å². The van der Waals surface area contributed by atoms with Crippen molar-refractivity contribution in [3.63, 3.8) is 0 Å². The minimum atomic E-state index is -0.479. The summed E-state index contributed by atoms with van der Waals surface area (Å²) in [5.74, 6) is 0.529. The lowest BCUT2D eigenvalue weighted by atomic mass is 10.2. The van der Waals surface area contributed by atoms with Gasteiger partial charge in [-0.3, -0.25) is 14.9 Å². The highest BCUT2D eigenvalue weighted by Crippen LogP contribution is 2.29. The van der Waals surface area contributed by atoms with Crippen LogP contribution < -0.4 is 14.9 Å². The number of nitro benzene ring substituents is 1. The topological polar surface area (TPSA) is 116 Å². The molecule has 0 aliphatic rings. The molecule has 0 spiro atoms. The lowest BCUT2D eigenvalue weighted by Crippen LogP contribution is -2.18. The van der Waals surface area contributed by atoms with Crippen molar-refractivity contribution in [2.45, 2.75) is 13.5 Å². The number of halogens is 1. The first-order valence-electron chi connectivity index (χ1n) is 9.55. The molecule has 0 unspecified atom stereocenters. The van der Waals surface area contributed by atoms with Crippen LogP contribution in [0.5, 0.6) is 11.5 Å². The average Bonchev–Trinajstić information content (AvgIpc) is 2.79. The third-order valence-corrected chi connectivity index (χ3v) is 4.49. The molecule has 1 N–H and O–H groups in total. The van der Waals surface area contributed by atoms with Gasteiger partial charge in [0.25, 0.3) is 11.6 Å². The van der Waals surface area contributed by atoms with Crippen LogP contribution in [0, 0.1) is 10.1 Å². The number of nitro groups is 1. The van der Waals surface area contributed by atoms with Gasteiger partial charge in [-0.25, -0.2) is 10.4 Å². The fourth-order valence-corrected chi connectivity index (χ4v) is 2.85. The highest BCUT2D eigenvalue weighted by molar-refractivity contribution is 6.32. The Hall–Kier alpha value is -3.98. The predicted octanol–water partition coefficient (Wildman–Crippen LogP) is 4.38. The van der Waals surface area contributed by atoms with Crippen molar-refractivity contribution >= 4 is 29.4 Å². The van der Waals surface area contributed by atoms with Crippen molar-refractivity contribution in [3.8, 4) is 11.5 Å². The number of benzene rings is 2. The van der Waals surface area contributed by atoms with E-state index in [0.29, 0.717) is 23.7 Å². The molecule has 0 bridgehead atoms. The maximum atomic E-state index is 12.1. The van der Waals surface area contributed by atoms with E-state index in [1.54, 1.807) is 42.5 Å². The number of hydrogen-bond acceptors (Lipinski definition) is 7. The average molecular weight is 455 g/mol. The van der Waals surface area contributed by atoms with Gasteiger partial charge in [0.2, 0.25) is 0 Å². The molecule has 32 heavy (non-hydrogen) atoms. The largest absolute Gasteiger partial charge is 0.490 e. The molecule has 0 fully saturated rings. The van der Waals surface area contributed by atoms with Crippen molar-refractivity contribution in [2.75, 3.05) is 6.61 Å². The van der Waals surface area contributed by atoms with Crippen LogP contribution in [0.2, 0.25) is 5.15 Å². The highest BCUT2D eigenvalue weighted by Gasteiger charge is 2.10. The molecular formula is C22H19ClN4O5. The van der Waals surface area contributed by atoms with E-state index in [-0.39, 0.29) is 23.0 Å². The van der Waals surface area contributed by atoms with Crippen LogP contribution >= 0.6 is 11.6 Å². The second kappa shape index (κ2) is 10.9. The standard InChI is InChI=1S/C22H19ClN4O5/c1-2-31-20-12-16(13-25-26-22(28)18-4-3-11-24-21(18)23)7-10-19(20)32-14-15-5-8-17(9-6-15)27(29)30/h3-13H,2,14H2,1H3,(H,26,28). The molecule has 0 saturated heterocycles. The highest BCUT2D eigenvalue weighted by atomic mass is 35.5. The fourth-order valence-electron chi connectivity index (χ4n) is 2.65. The zero-order chi connectivity index (χ0) is 22.9. The van der Waals surface area contributed by atoms with Gasteiger partial charge in [-0.2, -0.15) is 5.10 Å². The first kappa shape index (κ1) is 22.7. The monoisotopic (exact) mass is 454 g/mol. The Morgan fingerprint density at radius 2 is 1.97 bits per heavy atom. The first-order chi connectivity index (χ1) is 15.5. The van der Waals surface area contributed by atoms with Gasteiger partial charge in [-0.1, -0.05) is 11.6 Å². The molecule has 3 aromatic rings. The van der Waals surface area contributed by atoms with Crippen LogP contribution in [0.3, 0.4) is 0 Å². The van der Waals surface area contributed by atoms with E-state index in [0.717, 1.165) is 5.56 Å². The Balaban J connectivity index is 1.65. The van der Waals surface area contributed by atoms with E-state index >= 15 is 0 Å². The third kappa shape index (κ3) is 6.02. The lowest BCUT2D eigenvalue weighted by Gasteiger charge is -2.12. The number of nitrogens with one attached hydrogen (secondary N) is 1. The number of non-ortho nitro benzene ring substituents is 1. The lowest BCUT2D eigenvalue weighted by molar-refractivity contribution is -0.384. The summed E-state index contributed by atoms with van der Waals surface area (Å²) >= 11 is 5.90. The molecule has 10 heteroatoms. The van der Waals surface area contributed by atoms with Crippen molar-refractivity contribution < 1.29 is 19.2 Å². The van der Waals surface area contributed by atoms with Gasteiger partial charge in [-0.05, 0) is 60.5 Å². The molecule has 1 aromatic heterocycles. The molecular weight excluding hydrogens is 436 g/mol. The summed E-state index contributed by atoms with van der Waals surface area (Å²) in [5, 5.41) is 14.8. The molecule has 0 aliphatic carbocycles. The van der Waals surface area contributed by atoms with Gasteiger partial charge in [0.15, 0.2) is 11.5 Å². The number of ether oxygens (including phenoxy) is 2. The van der Waals surface area contributed by atoms with E-state index in [4.69, 9.17) is 21.1 Å². The number of hydrazone groups is 1. The SMILES string of the molecule is CCOc1cc(C=NNC(=O)c2cccnc2Cl)ccc1OCc1ccc([N+](=O)[O-])cc1. The van der Waals surface area contributed by atoms with Gasteiger partial charge in [-0.15, -0.1) is 0 Å². The Morgan fingerprint density at radius 3 is 2.66 bits per heavy atom. The number of nitrogens with zero attached hydrogens (tertiary/aromatic N) is 3. The van der Waals surface area contributed by atoms with Gasteiger partial charge in [0, 0.05) is 18.3 Å². The zero-order valence-corrected chi connectivity index (χ0v) is 17.8. The number of carbonyl (C=O) groups excluding carboxylic acids is 1. The van der Waals surface area contributed by atoms with Crippen LogP contribution in [0.4, 0.5) is 5.69 Å². The molecule has 0 saturated carbocycles. The predicted molar refractivity (Wildman–Crippen MR) is 119 cm³/mol. The van der Waals surface area contributed by atoms with Crippen LogP contribution in [0.15, 0.2) is 65.9 Å². The number of carbonyl (C=O) groups is 1. The van der Waals surface area contributed by atoms with E-state index in [1.165, 1.54) is 24.5 Å². The molecule has 2 aromatic carbocycles. The Morgan fingerprint density at radius 1 is 1.19 bits per heavy atom. The Bertz CT molecular complexity index is 1140. The normalized spacial score (nSPS) is 10.7. The molecule has 1 heterocycles. The van der Waals surface area contributed by atoms with Crippen molar-refractivity contribution in [3.05, 3.63) is 92.8 Å². The van der Waals surface area contributed by atoms with Crippen LogP contribution in [-0.2, 0) is 6.61 Å². The maximum Gasteiger partial charge on any atom is 0.274 e. The van der Waals surface area contributed by atoms with Crippen molar-refractivity contribution in [1.29, 1.82) is 0 Å². The van der Waals surface area contributed by atoms with E-state index < -0.39 is 10.8 Å². The molecule has 0 aliphatic heterocycles. The quantitative estimate of drug-likeness (QED) is 0.222. The number of rotatable bonds is 9. The summed E-state index contributed by atoms with van der Waals surface area (Å²) < 4.78 is 11.5. The van der Waals surface area contributed by atoms with Gasteiger partial charge >= 0.3 is 0 Å². The van der Waals surface area contributed by atoms with E-state index in [9.17, 15) is 14.9 Å². The maximum absolute atomic E-state index is 12.1. The minimum absolute atomic E-state index is 0.0188. The second-order valence-corrected chi connectivity index (χ2v) is 6.75. The molecule has 0 atom stereocenters. The molecule has 1 amide bonds. The van der Waals surface area contributed by atoms with E-state index in [2.05, 4.69) is 15.5 Å². The van der Waals surface area contributed by atoms with Gasteiger partial charge < -0.3 is 9.47 Å². The molecule has 0 radical (unpaired) electrons. The summed E-state index contributed by atoms with van der Waals surface area (Å²) in [5.41, 5.74) is 4.09. The molecule has 164 valence electrons. The van der Waals surface area contributed by atoms with Crippen LogP contribution in [0.25, 0.3) is 0 Å². The molecule has 9 nitrogen and oxygen atoms in total. The summed E-state index contributed by atoms with van der Waals surface area (Å²) in [4.78, 5) is 26.3.